The lowest BCUT2D eigenvalue weighted by molar-refractivity contribution is -0.130. The van der Waals surface area contributed by atoms with Crippen molar-refractivity contribution in [2.45, 2.75) is 58.3 Å². The van der Waals surface area contributed by atoms with Gasteiger partial charge >= 0.3 is 6.03 Å². The van der Waals surface area contributed by atoms with Crippen molar-refractivity contribution in [1.29, 1.82) is 0 Å². The van der Waals surface area contributed by atoms with E-state index in [0.29, 0.717) is 32.5 Å². The Hall–Kier alpha value is -4.69. The molecular weight excluding hydrogens is 538 g/mol. The van der Waals surface area contributed by atoms with Crippen LogP contribution in [0.2, 0.25) is 0 Å². The molecule has 5 rings (SSSR count). The van der Waals surface area contributed by atoms with Gasteiger partial charge in [0.05, 0.1) is 12.1 Å². The lowest BCUT2D eigenvalue weighted by atomic mass is 9.97. The fourth-order valence-electron chi connectivity index (χ4n) is 5.53. The van der Waals surface area contributed by atoms with E-state index < -0.39 is 11.6 Å². The summed E-state index contributed by atoms with van der Waals surface area (Å²) in [5, 5.41) is 10.8. The monoisotopic (exact) mass is 577 g/mol. The summed E-state index contributed by atoms with van der Waals surface area (Å²) in [6, 6.07) is 27.5. The number of hydrogen-bond donors (Lipinski definition) is 4. The van der Waals surface area contributed by atoms with Crippen molar-refractivity contribution in [3.05, 3.63) is 102 Å². The highest BCUT2D eigenvalue weighted by Crippen LogP contribution is 2.35. The first-order chi connectivity index (χ1) is 20.7. The van der Waals surface area contributed by atoms with E-state index in [2.05, 4.69) is 28.1 Å². The molecule has 0 radical (unpaired) electrons. The molecule has 0 aromatic heterocycles. The van der Waals surface area contributed by atoms with Gasteiger partial charge in [-0.3, -0.25) is 9.59 Å². The highest BCUT2D eigenvalue weighted by molar-refractivity contribution is 6.04. The summed E-state index contributed by atoms with van der Waals surface area (Å²) >= 11 is 0. The molecule has 1 aliphatic rings. The lowest BCUT2D eigenvalue weighted by Crippen LogP contribution is -2.56. The van der Waals surface area contributed by atoms with Gasteiger partial charge in [-0.15, -0.1) is 0 Å². The Bertz CT molecular complexity index is 1640. The first-order valence-electron chi connectivity index (χ1n) is 14.8. The van der Waals surface area contributed by atoms with E-state index in [9.17, 15) is 14.4 Å². The molecule has 0 saturated carbocycles. The van der Waals surface area contributed by atoms with Gasteiger partial charge in [0, 0.05) is 18.8 Å². The van der Waals surface area contributed by atoms with Crippen LogP contribution in [0.5, 0.6) is 0 Å². The zero-order valence-corrected chi connectivity index (χ0v) is 24.9. The van der Waals surface area contributed by atoms with E-state index in [1.807, 2.05) is 79.7 Å². The Morgan fingerprint density at radius 3 is 2.40 bits per heavy atom. The van der Waals surface area contributed by atoms with Gasteiger partial charge in [-0.25, -0.2) is 4.79 Å². The second kappa shape index (κ2) is 12.7. The molecule has 8 nitrogen and oxygen atoms in total. The number of urea groups is 1. The quantitative estimate of drug-likeness (QED) is 0.235. The molecule has 1 aliphatic heterocycles. The third-order valence-electron chi connectivity index (χ3n) is 7.84. The molecule has 0 spiro atoms. The first-order valence-corrected chi connectivity index (χ1v) is 14.8. The van der Waals surface area contributed by atoms with Gasteiger partial charge < -0.3 is 26.6 Å². The van der Waals surface area contributed by atoms with Crippen LogP contribution in [0.1, 0.15) is 43.9 Å². The zero-order valence-electron chi connectivity index (χ0n) is 24.9. The number of amides is 4. The number of carbonyl (C=O) groups is 3. The number of nitrogens with one attached hydrogen (secondary N) is 3. The SMILES string of the molecule is CCNC(=O)NCc1ccccc1-c1ccc(CN2C(=O)[C@H](NC(=O)C(C)(C)N)CCc3c2ccc2ccccc32)cc1. The predicted octanol–water partition coefficient (Wildman–Crippen LogP) is 5.03. The first kappa shape index (κ1) is 29.8. The van der Waals surface area contributed by atoms with Crippen LogP contribution in [0.15, 0.2) is 84.9 Å². The topological polar surface area (TPSA) is 117 Å². The molecule has 0 saturated heterocycles. The maximum absolute atomic E-state index is 14.0. The lowest BCUT2D eigenvalue weighted by Gasteiger charge is -2.28. The molecule has 1 atom stereocenters. The maximum Gasteiger partial charge on any atom is 0.315 e. The predicted molar refractivity (Wildman–Crippen MR) is 171 cm³/mol. The van der Waals surface area contributed by atoms with Crippen LogP contribution >= 0.6 is 0 Å². The van der Waals surface area contributed by atoms with Crippen LogP contribution in [-0.4, -0.2) is 36.0 Å². The summed E-state index contributed by atoms with van der Waals surface area (Å²) in [6.45, 7) is 6.48. The third kappa shape index (κ3) is 6.70. The molecule has 1 heterocycles. The fourth-order valence-corrected chi connectivity index (χ4v) is 5.53. The Balaban J connectivity index is 1.44. The molecule has 4 aromatic rings. The molecule has 222 valence electrons. The minimum absolute atomic E-state index is 0.155. The van der Waals surface area contributed by atoms with Crippen molar-refractivity contribution in [2.75, 3.05) is 11.4 Å². The fraction of sp³-hybridized carbons (Fsp3) is 0.286. The molecule has 43 heavy (non-hydrogen) atoms. The summed E-state index contributed by atoms with van der Waals surface area (Å²) in [4.78, 5) is 40.6. The van der Waals surface area contributed by atoms with E-state index >= 15 is 0 Å². The normalized spacial score (nSPS) is 15.0. The molecule has 4 amide bonds. The van der Waals surface area contributed by atoms with Gasteiger partial charge in [0.15, 0.2) is 0 Å². The molecule has 0 fully saturated rings. The Morgan fingerprint density at radius 2 is 1.65 bits per heavy atom. The third-order valence-corrected chi connectivity index (χ3v) is 7.84. The van der Waals surface area contributed by atoms with E-state index in [-0.39, 0.29) is 17.8 Å². The van der Waals surface area contributed by atoms with E-state index in [4.69, 9.17) is 5.73 Å². The molecular formula is C35H39N5O3. The van der Waals surface area contributed by atoms with Crippen molar-refractivity contribution in [1.82, 2.24) is 16.0 Å². The maximum atomic E-state index is 14.0. The largest absolute Gasteiger partial charge is 0.343 e. The molecule has 8 heteroatoms. The summed E-state index contributed by atoms with van der Waals surface area (Å²) in [6.07, 6.45) is 1.13. The number of nitrogens with zero attached hydrogens (tertiary/aromatic N) is 1. The minimum atomic E-state index is -1.10. The van der Waals surface area contributed by atoms with Crippen LogP contribution in [0.25, 0.3) is 21.9 Å². The summed E-state index contributed by atoms with van der Waals surface area (Å²) < 4.78 is 0. The standard InChI is InChI=1S/C35H39N5O3/c1-4-37-34(43)38-21-26-10-6-7-11-27(26)25-15-13-23(14-16-25)22-40-31-20-17-24-9-5-8-12-28(24)29(31)18-19-30(32(40)41)39-33(42)35(2,3)36/h5-17,20,30H,4,18-19,21-22,36H2,1-3H3,(H,39,42)(H2,37,38,43)/t30-/m1/s1. The second-order valence-electron chi connectivity index (χ2n) is 11.6. The van der Waals surface area contributed by atoms with Crippen molar-refractivity contribution in [3.63, 3.8) is 0 Å². The van der Waals surface area contributed by atoms with Crippen molar-refractivity contribution in [3.8, 4) is 11.1 Å². The van der Waals surface area contributed by atoms with Crippen LogP contribution in [0.4, 0.5) is 10.5 Å². The van der Waals surface area contributed by atoms with Crippen molar-refractivity contribution in [2.24, 2.45) is 5.73 Å². The van der Waals surface area contributed by atoms with Crippen LogP contribution < -0.4 is 26.6 Å². The average Bonchev–Trinajstić information content (AvgIpc) is 3.13. The molecule has 0 aliphatic carbocycles. The van der Waals surface area contributed by atoms with Gasteiger partial charge in [0.2, 0.25) is 11.8 Å². The van der Waals surface area contributed by atoms with E-state index in [0.717, 1.165) is 44.3 Å². The number of rotatable bonds is 8. The summed E-state index contributed by atoms with van der Waals surface area (Å²) in [5.41, 5.74) is 10.9. The smallest absolute Gasteiger partial charge is 0.315 e. The van der Waals surface area contributed by atoms with E-state index in [1.165, 1.54) is 0 Å². The Labute approximate surface area is 252 Å². The number of benzene rings is 4. The number of aryl methyl sites for hydroxylation is 1. The van der Waals surface area contributed by atoms with Gasteiger partial charge in [0.1, 0.15) is 6.04 Å². The highest BCUT2D eigenvalue weighted by Gasteiger charge is 2.34. The zero-order chi connectivity index (χ0) is 30.6. The Morgan fingerprint density at radius 1 is 0.930 bits per heavy atom. The minimum Gasteiger partial charge on any atom is -0.343 e. The average molecular weight is 578 g/mol. The number of nitrogens with two attached hydrogens (primary N) is 1. The van der Waals surface area contributed by atoms with Crippen LogP contribution in [0, 0.1) is 0 Å². The van der Waals surface area contributed by atoms with Gasteiger partial charge in [0.25, 0.3) is 0 Å². The number of hydrogen-bond acceptors (Lipinski definition) is 4. The van der Waals surface area contributed by atoms with E-state index in [1.54, 1.807) is 18.7 Å². The number of anilines is 1. The van der Waals surface area contributed by atoms with Gasteiger partial charge in [-0.05, 0) is 78.3 Å². The highest BCUT2D eigenvalue weighted by atomic mass is 16.2. The molecule has 0 bridgehead atoms. The molecule has 5 N–H and O–H groups in total. The van der Waals surface area contributed by atoms with Crippen LogP contribution in [-0.2, 0) is 29.1 Å². The molecule has 0 unspecified atom stereocenters. The van der Waals surface area contributed by atoms with Crippen LogP contribution in [0.3, 0.4) is 0 Å². The Kier molecular flexibility index (Phi) is 8.78. The molecule has 4 aromatic carbocycles. The number of fused-ring (bicyclic) bond motifs is 3. The van der Waals surface area contributed by atoms with Crippen molar-refractivity contribution >= 4 is 34.3 Å². The second-order valence-corrected chi connectivity index (χ2v) is 11.6. The summed E-state index contributed by atoms with van der Waals surface area (Å²) in [5.74, 6) is -0.510. The summed E-state index contributed by atoms with van der Waals surface area (Å²) in [7, 11) is 0. The van der Waals surface area contributed by atoms with Gasteiger partial charge in [-0.1, -0.05) is 78.9 Å². The van der Waals surface area contributed by atoms with Gasteiger partial charge in [-0.2, -0.15) is 0 Å². The number of carbonyl (C=O) groups excluding carboxylic acids is 3. The van der Waals surface area contributed by atoms with Crippen molar-refractivity contribution < 1.29 is 14.4 Å².